The molecule has 0 bridgehead atoms. The first-order valence-corrected chi connectivity index (χ1v) is 9.70. The molecule has 1 fully saturated rings. The summed E-state index contributed by atoms with van der Waals surface area (Å²) in [5.41, 5.74) is -1.59. The number of halogens is 3. The number of carbonyl (C=O) groups excluding carboxylic acids is 1. The number of hydrogen-bond donors (Lipinski definition) is 1. The molecule has 7 nitrogen and oxygen atoms in total. The fourth-order valence-corrected chi connectivity index (χ4v) is 3.08. The summed E-state index contributed by atoms with van der Waals surface area (Å²) in [6, 6.07) is 6.73. The van der Waals surface area contributed by atoms with Crippen LogP contribution < -0.4 is 10.1 Å². The highest BCUT2D eigenvalue weighted by atomic mass is 19.4. The van der Waals surface area contributed by atoms with Gasteiger partial charge in [-0.2, -0.15) is 13.2 Å². The third-order valence-corrected chi connectivity index (χ3v) is 4.54. The lowest BCUT2D eigenvalue weighted by Crippen LogP contribution is -2.25. The van der Waals surface area contributed by atoms with Gasteiger partial charge in [-0.05, 0) is 57.1 Å². The second-order valence-corrected chi connectivity index (χ2v) is 6.72. The highest BCUT2D eigenvalue weighted by Crippen LogP contribution is 2.31. The highest BCUT2D eigenvalue weighted by Gasteiger charge is 2.38. The van der Waals surface area contributed by atoms with Gasteiger partial charge in [-0.25, -0.2) is 14.8 Å². The quantitative estimate of drug-likeness (QED) is 0.645. The molecule has 30 heavy (non-hydrogen) atoms. The van der Waals surface area contributed by atoms with Crippen molar-refractivity contribution in [3.8, 4) is 5.75 Å². The molecule has 0 unspecified atom stereocenters. The van der Waals surface area contributed by atoms with E-state index in [4.69, 9.17) is 4.74 Å². The Kier molecular flexibility index (Phi) is 7.09. The van der Waals surface area contributed by atoms with Gasteiger partial charge in [0.1, 0.15) is 17.9 Å². The standard InChI is InChI=1S/C20H23F3N4O3/c1-2-29-18(28)16-13-24-19(26-17(16)20(21,22)23)25-14-5-7-15(8-6-14)30-12-11-27-9-3-4-10-27/h5-8,13H,2-4,9-12H2,1H3,(H,24,25,26). The Morgan fingerprint density at radius 1 is 1.20 bits per heavy atom. The highest BCUT2D eigenvalue weighted by molar-refractivity contribution is 5.90. The van der Waals surface area contributed by atoms with E-state index in [1.54, 1.807) is 24.3 Å². The Balaban J connectivity index is 1.64. The van der Waals surface area contributed by atoms with E-state index in [9.17, 15) is 18.0 Å². The van der Waals surface area contributed by atoms with Gasteiger partial charge < -0.3 is 14.8 Å². The first-order chi connectivity index (χ1) is 14.4. The van der Waals surface area contributed by atoms with Gasteiger partial charge in [0.05, 0.1) is 6.61 Å². The van der Waals surface area contributed by atoms with Crippen LogP contribution in [0.15, 0.2) is 30.5 Å². The van der Waals surface area contributed by atoms with Crippen molar-refractivity contribution >= 4 is 17.6 Å². The topological polar surface area (TPSA) is 76.6 Å². The lowest BCUT2D eigenvalue weighted by molar-refractivity contribution is -0.141. The molecule has 0 saturated carbocycles. The third-order valence-electron chi connectivity index (χ3n) is 4.54. The van der Waals surface area contributed by atoms with Gasteiger partial charge in [-0.15, -0.1) is 0 Å². The smallest absolute Gasteiger partial charge is 0.434 e. The van der Waals surface area contributed by atoms with Gasteiger partial charge in [0.15, 0.2) is 5.69 Å². The molecule has 1 aromatic carbocycles. The van der Waals surface area contributed by atoms with Crippen LogP contribution in [0.25, 0.3) is 0 Å². The van der Waals surface area contributed by atoms with E-state index < -0.39 is 23.4 Å². The number of benzene rings is 1. The summed E-state index contributed by atoms with van der Waals surface area (Å²) >= 11 is 0. The van der Waals surface area contributed by atoms with Crippen LogP contribution in [0.3, 0.4) is 0 Å². The number of alkyl halides is 3. The van der Waals surface area contributed by atoms with E-state index in [0.29, 0.717) is 18.0 Å². The second kappa shape index (κ2) is 9.75. The minimum atomic E-state index is -4.82. The van der Waals surface area contributed by atoms with Crippen molar-refractivity contribution in [3.63, 3.8) is 0 Å². The maximum absolute atomic E-state index is 13.3. The summed E-state index contributed by atoms with van der Waals surface area (Å²) in [6.45, 7) is 5.08. The summed E-state index contributed by atoms with van der Waals surface area (Å²) in [4.78, 5) is 21.4. The Bertz CT molecular complexity index is 853. The Hall–Kier alpha value is -2.88. The SMILES string of the molecule is CCOC(=O)c1cnc(Nc2ccc(OCCN3CCCC3)cc2)nc1C(F)(F)F. The molecule has 1 saturated heterocycles. The summed E-state index contributed by atoms with van der Waals surface area (Å²) in [7, 11) is 0. The van der Waals surface area contributed by atoms with Crippen molar-refractivity contribution in [3.05, 3.63) is 41.7 Å². The van der Waals surface area contributed by atoms with E-state index in [2.05, 4.69) is 24.9 Å². The van der Waals surface area contributed by atoms with Gasteiger partial charge in [0.2, 0.25) is 5.95 Å². The lowest BCUT2D eigenvalue weighted by Gasteiger charge is -2.15. The average Bonchev–Trinajstić information content (AvgIpc) is 3.22. The zero-order chi connectivity index (χ0) is 21.6. The first-order valence-electron chi connectivity index (χ1n) is 9.70. The maximum atomic E-state index is 13.3. The van der Waals surface area contributed by atoms with Crippen molar-refractivity contribution < 1.29 is 27.4 Å². The molecule has 0 aliphatic carbocycles. The Morgan fingerprint density at radius 3 is 2.53 bits per heavy atom. The Labute approximate surface area is 172 Å². The monoisotopic (exact) mass is 424 g/mol. The molecular weight excluding hydrogens is 401 g/mol. The van der Waals surface area contributed by atoms with Crippen molar-refractivity contribution in [2.24, 2.45) is 0 Å². The molecule has 0 atom stereocenters. The molecule has 1 aliphatic heterocycles. The number of ether oxygens (including phenoxy) is 2. The molecule has 2 aromatic rings. The van der Waals surface area contributed by atoms with Crippen molar-refractivity contribution in [1.82, 2.24) is 14.9 Å². The molecule has 0 radical (unpaired) electrons. The number of carbonyl (C=O) groups is 1. The van der Waals surface area contributed by atoms with Crippen LogP contribution in [0.5, 0.6) is 5.75 Å². The van der Waals surface area contributed by atoms with E-state index in [1.807, 2.05) is 0 Å². The lowest BCUT2D eigenvalue weighted by atomic mass is 10.2. The number of anilines is 2. The molecule has 10 heteroatoms. The van der Waals surface area contributed by atoms with Crippen LogP contribution in [0.1, 0.15) is 35.8 Å². The minimum absolute atomic E-state index is 0.0530. The molecule has 162 valence electrons. The van der Waals surface area contributed by atoms with Crippen molar-refractivity contribution in [2.45, 2.75) is 25.9 Å². The van der Waals surface area contributed by atoms with Crippen LogP contribution in [-0.4, -0.2) is 53.7 Å². The molecule has 1 N–H and O–H groups in total. The van der Waals surface area contributed by atoms with Crippen molar-refractivity contribution in [2.75, 3.05) is 38.2 Å². The van der Waals surface area contributed by atoms with E-state index in [-0.39, 0.29) is 12.6 Å². The van der Waals surface area contributed by atoms with Crippen LogP contribution in [0, 0.1) is 0 Å². The number of esters is 1. The molecule has 0 amide bonds. The van der Waals surface area contributed by atoms with Gasteiger partial charge in [-0.3, -0.25) is 4.90 Å². The Morgan fingerprint density at radius 2 is 1.90 bits per heavy atom. The van der Waals surface area contributed by atoms with Gasteiger partial charge in [0, 0.05) is 18.4 Å². The number of likely N-dealkylation sites (tertiary alicyclic amines) is 1. The first kappa shape index (κ1) is 21.8. The zero-order valence-electron chi connectivity index (χ0n) is 16.5. The summed E-state index contributed by atoms with van der Waals surface area (Å²) in [6.07, 6.45) is -1.57. The number of hydrogen-bond acceptors (Lipinski definition) is 7. The predicted octanol–water partition coefficient (Wildman–Crippen LogP) is 3.89. The summed E-state index contributed by atoms with van der Waals surface area (Å²) in [5, 5.41) is 2.70. The zero-order valence-corrected chi connectivity index (χ0v) is 16.5. The summed E-state index contributed by atoms with van der Waals surface area (Å²) < 4.78 is 50.3. The molecule has 1 aromatic heterocycles. The molecule has 2 heterocycles. The largest absolute Gasteiger partial charge is 0.492 e. The fraction of sp³-hybridized carbons (Fsp3) is 0.450. The summed E-state index contributed by atoms with van der Waals surface area (Å²) in [5.74, 6) is -0.737. The predicted molar refractivity (Wildman–Crippen MR) is 104 cm³/mol. The number of aromatic nitrogens is 2. The van der Waals surface area contributed by atoms with Gasteiger partial charge in [-0.1, -0.05) is 0 Å². The number of rotatable bonds is 8. The van der Waals surface area contributed by atoms with Crippen molar-refractivity contribution in [1.29, 1.82) is 0 Å². The minimum Gasteiger partial charge on any atom is -0.492 e. The van der Waals surface area contributed by atoms with Crippen LogP contribution in [0.2, 0.25) is 0 Å². The molecular formula is C20H23F3N4O3. The van der Waals surface area contributed by atoms with Gasteiger partial charge in [0.25, 0.3) is 0 Å². The second-order valence-electron chi connectivity index (χ2n) is 6.72. The van der Waals surface area contributed by atoms with E-state index >= 15 is 0 Å². The molecule has 0 spiro atoms. The van der Waals surface area contributed by atoms with E-state index in [0.717, 1.165) is 25.8 Å². The number of nitrogens with one attached hydrogen (secondary N) is 1. The normalized spacial score (nSPS) is 14.5. The van der Waals surface area contributed by atoms with Crippen LogP contribution in [0.4, 0.5) is 24.8 Å². The van der Waals surface area contributed by atoms with Crippen LogP contribution >= 0.6 is 0 Å². The average molecular weight is 424 g/mol. The van der Waals surface area contributed by atoms with Gasteiger partial charge >= 0.3 is 12.1 Å². The number of nitrogens with zero attached hydrogens (tertiary/aromatic N) is 3. The van der Waals surface area contributed by atoms with E-state index in [1.165, 1.54) is 19.8 Å². The van der Waals surface area contributed by atoms with Crippen LogP contribution in [-0.2, 0) is 10.9 Å². The third kappa shape index (κ3) is 5.82. The molecule has 1 aliphatic rings. The molecule has 3 rings (SSSR count). The fourth-order valence-electron chi connectivity index (χ4n) is 3.08. The maximum Gasteiger partial charge on any atom is 0.434 e.